The Hall–Kier alpha value is -1.69. The monoisotopic (exact) mass is 215 g/mol. The molecule has 2 N–H and O–H groups in total. The highest BCUT2D eigenvalue weighted by atomic mass is 16.4. The average molecular weight is 215 g/mol. The fourth-order valence-electron chi connectivity index (χ4n) is 0.972. The second kappa shape index (κ2) is 6.72. The van der Waals surface area contributed by atoms with Gasteiger partial charge in [0.05, 0.1) is 13.2 Å². The van der Waals surface area contributed by atoms with Gasteiger partial charge in [-0.1, -0.05) is 6.58 Å². The number of carboxylic acid groups (broad SMARTS) is 1. The highest BCUT2D eigenvalue weighted by molar-refractivity contribution is 6.01. The van der Waals surface area contributed by atoms with Crippen LogP contribution in [0.3, 0.4) is 0 Å². The van der Waals surface area contributed by atoms with Gasteiger partial charge in [-0.3, -0.25) is 14.5 Å². The largest absolute Gasteiger partial charge is 0.478 e. The number of carboxylic acids is 1. The molecule has 0 atom stereocenters. The van der Waals surface area contributed by atoms with Gasteiger partial charge in [-0.05, 0) is 0 Å². The predicted molar refractivity (Wildman–Crippen MR) is 50.9 cm³/mol. The number of β-amino-alcohol motifs (C(OH)–C–C–N with tert-alkyl or cyclic N) is 1. The fraction of sp³-hybridized carbons (Fsp3) is 0.444. The molecule has 0 aliphatic carbocycles. The van der Waals surface area contributed by atoms with Crippen LogP contribution >= 0.6 is 0 Å². The molecule has 0 bridgehead atoms. The number of aliphatic carboxylic acids is 1. The lowest BCUT2D eigenvalue weighted by Gasteiger charge is -2.10. The summed E-state index contributed by atoms with van der Waals surface area (Å²) in [6.07, 6.45) is 1.44. The van der Waals surface area contributed by atoms with E-state index in [9.17, 15) is 14.4 Å². The standard InChI is InChI=1S/C6H9NO3.C3H4O2/c8-4-3-7-5(9)1-2-6(7)10;1-2-3(4)5/h8H,1-4H2;2H,1H2,(H,4,5). The molecule has 1 aliphatic heterocycles. The third-order valence-corrected chi connectivity index (χ3v) is 1.65. The van der Waals surface area contributed by atoms with E-state index in [0.29, 0.717) is 12.8 Å². The van der Waals surface area contributed by atoms with Crippen molar-refractivity contribution in [3.63, 3.8) is 0 Å². The molecular formula is C9H13NO5. The van der Waals surface area contributed by atoms with E-state index in [-0.39, 0.29) is 25.0 Å². The summed E-state index contributed by atoms with van der Waals surface area (Å²) in [5.41, 5.74) is 0. The highest BCUT2D eigenvalue weighted by Gasteiger charge is 2.27. The summed E-state index contributed by atoms with van der Waals surface area (Å²) in [6.45, 7) is 2.97. The number of carbonyl (C=O) groups is 3. The molecule has 0 spiro atoms. The van der Waals surface area contributed by atoms with Crippen molar-refractivity contribution in [2.45, 2.75) is 12.8 Å². The Labute approximate surface area is 86.8 Å². The SMILES string of the molecule is C=CC(=O)O.O=C1CCC(=O)N1CCO. The molecule has 0 radical (unpaired) electrons. The van der Waals surface area contributed by atoms with Crippen LogP contribution in [0.25, 0.3) is 0 Å². The molecule has 0 aromatic heterocycles. The van der Waals surface area contributed by atoms with Crippen molar-refractivity contribution >= 4 is 17.8 Å². The minimum atomic E-state index is -0.981. The average Bonchev–Trinajstić information content (AvgIpc) is 2.51. The lowest BCUT2D eigenvalue weighted by atomic mass is 10.4. The number of imide groups is 1. The van der Waals surface area contributed by atoms with Crippen molar-refractivity contribution in [1.29, 1.82) is 0 Å². The van der Waals surface area contributed by atoms with E-state index >= 15 is 0 Å². The molecule has 1 aliphatic rings. The summed E-state index contributed by atoms with van der Waals surface area (Å²) in [6, 6.07) is 0. The van der Waals surface area contributed by atoms with Crippen LogP contribution in [0.4, 0.5) is 0 Å². The van der Waals surface area contributed by atoms with Crippen molar-refractivity contribution in [2.24, 2.45) is 0 Å². The number of aliphatic hydroxyl groups excluding tert-OH is 1. The van der Waals surface area contributed by atoms with Gasteiger partial charge in [-0.2, -0.15) is 0 Å². The molecule has 1 fully saturated rings. The zero-order valence-electron chi connectivity index (χ0n) is 8.18. The maximum atomic E-state index is 10.8. The zero-order chi connectivity index (χ0) is 11.8. The summed E-state index contributed by atoms with van der Waals surface area (Å²) in [5, 5.41) is 16.0. The van der Waals surface area contributed by atoms with Gasteiger partial charge < -0.3 is 10.2 Å². The van der Waals surface area contributed by atoms with Gasteiger partial charge in [0.25, 0.3) is 0 Å². The van der Waals surface area contributed by atoms with Crippen LogP contribution in [0.1, 0.15) is 12.8 Å². The van der Waals surface area contributed by atoms with Crippen molar-refractivity contribution < 1.29 is 24.6 Å². The summed E-state index contributed by atoms with van der Waals surface area (Å²) >= 11 is 0. The topological polar surface area (TPSA) is 94.9 Å². The minimum absolute atomic E-state index is 0.141. The van der Waals surface area contributed by atoms with Gasteiger partial charge in [0.1, 0.15) is 0 Å². The number of aliphatic hydroxyl groups is 1. The van der Waals surface area contributed by atoms with Gasteiger partial charge in [0.15, 0.2) is 0 Å². The number of nitrogens with zero attached hydrogens (tertiary/aromatic N) is 1. The zero-order valence-corrected chi connectivity index (χ0v) is 8.18. The van der Waals surface area contributed by atoms with E-state index in [4.69, 9.17) is 10.2 Å². The molecule has 6 nitrogen and oxygen atoms in total. The second-order valence-electron chi connectivity index (χ2n) is 2.71. The Morgan fingerprint density at radius 2 is 1.80 bits per heavy atom. The van der Waals surface area contributed by atoms with Gasteiger partial charge in [-0.15, -0.1) is 0 Å². The molecule has 0 unspecified atom stereocenters. The first-order valence-electron chi connectivity index (χ1n) is 4.32. The summed E-state index contributed by atoms with van der Waals surface area (Å²) in [7, 11) is 0. The van der Waals surface area contributed by atoms with Crippen LogP contribution in [0, 0.1) is 0 Å². The number of rotatable bonds is 3. The van der Waals surface area contributed by atoms with E-state index in [2.05, 4.69) is 6.58 Å². The van der Waals surface area contributed by atoms with Crippen molar-refractivity contribution in [3.8, 4) is 0 Å². The highest BCUT2D eigenvalue weighted by Crippen LogP contribution is 2.09. The first-order valence-corrected chi connectivity index (χ1v) is 4.32. The number of hydrogen-bond donors (Lipinski definition) is 2. The molecule has 0 aromatic rings. The third kappa shape index (κ3) is 4.92. The second-order valence-corrected chi connectivity index (χ2v) is 2.71. The summed E-state index contributed by atoms with van der Waals surface area (Å²) in [4.78, 5) is 31.9. The van der Waals surface area contributed by atoms with Crippen molar-refractivity contribution in [1.82, 2.24) is 4.90 Å². The molecule has 6 heteroatoms. The molecule has 0 saturated carbocycles. The molecular weight excluding hydrogens is 202 g/mol. The van der Waals surface area contributed by atoms with Crippen LogP contribution < -0.4 is 0 Å². The molecule has 1 saturated heterocycles. The maximum Gasteiger partial charge on any atom is 0.327 e. The number of carbonyl (C=O) groups excluding carboxylic acids is 2. The van der Waals surface area contributed by atoms with Crippen LogP contribution in [-0.2, 0) is 14.4 Å². The summed E-state index contributed by atoms with van der Waals surface area (Å²) < 4.78 is 0. The van der Waals surface area contributed by atoms with E-state index < -0.39 is 5.97 Å². The molecule has 1 rings (SSSR count). The smallest absolute Gasteiger partial charge is 0.327 e. The molecule has 84 valence electrons. The van der Waals surface area contributed by atoms with E-state index in [1.165, 1.54) is 0 Å². The number of hydrogen-bond acceptors (Lipinski definition) is 4. The van der Waals surface area contributed by atoms with Gasteiger partial charge >= 0.3 is 5.97 Å². The van der Waals surface area contributed by atoms with Crippen LogP contribution in [0.5, 0.6) is 0 Å². The van der Waals surface area contributed by atoms with E-state index in [1.54, 1.807) is 0 Å². The van der Waals surface area contributed by atoms with Crippen molar-refractivity contribution in [2.75, 3.05) is 13.2 Å². The number of amides is 2. The van der Waals surface area contributed by atoms with Crippen molar-refractivity contribution in [3.05, 3.63) is 12.7 Å². The van der Waals surface area contributed by atoms with Crippen LogP contribution in [0.15, 0.2) is 12.7 Å². The quantitative estimate of drug-likeness (QED) is 0.483. The molecule has 0 aromatic carbocycles. The Kier molecular flexibility index (Phi) is 5.96. The lowest BCUT2D eigenvalue weighted by Crippen LogP contribution is -2.31. The number of likely N-dealkylation sites (tertiary alicyclic amines) is 1. The Morgan fingerprint density at radius 3 is 2.07 bits per heavy atom. The third-order valence-electron chi connectivity index (χ3n) is 1.65. The van der Waals surface area contributed by atoms with E-state index in [1.807, 2.05) is 0 Å². The van der Waals surface area contributed by atoms with Crippen LogP contribution in [-0.4, -0.2) is 46.0 Å². The molecule has 15 heavy (non-hydrogen) atoms. The lowest BCUT2D eigenvalue weighted by molar-refractivity contribution is -0.139. The predicted octanol–water partition coefficient (Wildman–Crippen LogP) is -0.615. The van der Waals surface area contributed by atoms with Gasteiger partial charge in [-0.25, -0.2) is 4.79 Å². The van der Waals surface area contributed by atoms with E-state index in [0.717, 1.165) is 11.0 Å². The first kappa shape index (κ1) is 13.3. The Morgan fingerprint density at radius 1 is 1.40 bits per heavy atom. The maximum absolute atomic E-state index is 10.8. The summed E-state index contributed by atoms with van der Waals surface area (Å²) in [5.74, 6) is -1.32. The fourth-order valence-corrected chi connectivity index (χ4v) is 0.972. The normalized spacial score (nSPS) is 14.6. The van der Waals surface area contributed by atoms with Crippen LogP contribution in [0.2, 0.25) is 0 Å². The molecule has 2 amide bonds. The Bertz CT molecular complexity index is 258. The van der Waals surface area contributed by atoms with Gasteiger partial charge in [0.2, 0.25) is 11.8 Å². The Balaban J connectivity index is 0.000000336. The first-order chi connectivity index (χ1) is 7.02. The molecule has 1 heterocycles. The minimum Gasteiger partial charge on any atom is -0.478 e. The van der Waals surface area contributed by atoms with Gasteiger partial charge in [0, 0.05) is 18.9 Å².